The highest BCUT2D eigenvalue weighted by atomic mass is 32.3. The predicted octanol–water partition coefficient (Wildman–Crippen LogP) is -4.80. The quantitative estimate of drug-likeness (QED) is 0.0451. The Labute approximate surface area is 328 Å². The maximum absolute atomic E-state index is 13.5. The minimum atomic E-state index is -6.33. The van der Waals surface area contributed by atoms with Crippen molar-refractivity contribution in [2.24, 2.45) is 0 Å². The second kappa shape index (κ2) is 20.0. The summed E-state index contributed by atoms with van der Waals surface area (Å²) in [5.74, 6) is -2.35. The summed E-state index contributed by atoms with van der Waals surface area (Å²) in [6.07, 6.45) is -23.1. The molecule has 1 aromatic rings. The van der Waals surface area contributed by atoms with Gasteiger partial charge in [0.2, 0.25) is 0 Å². The fraction of sp³-hybridized carbons (Fsp3) is 0.579. The number of nitrogens with one attached hydrogen (secondary N) is 1. The van der Waals surface area contributed by atoms with Gasteiger partial charge in [-0.15, -0.1) is 0 Å². The summed E-state index contributed by atoms with van der Waals surface area (Å²) in [5.41, 5.74) is 0.392. The van der Waals surface area contributed by atoms with Gasteiger partial charge in [0.15, 0.2) is 12.4 Å². The number of ether oxygens (including phenoxy) is 2. The zero-order valence-corrected chi connectivity index (χ0v) is 33.2. The van der Waals surface area contributed by atoms with Gasteiger partial charge in [0.25, 0.3) is 5.91 Å². The molecule has 0 spiro atoms. The number of rotatable bonds is 24. The first-order chi connectivity index (χ1) is 26.0. The molecule has 1 saturated heterocycles. The van der Waals surface area contributed by atoms with E-state index in [0.29, 0.717) is 12.0 Å². The van der Waals surface area contributed by atoms with Crippen molar-refractivity contribution in [1.29, 1.82) is 0 Å². The lowest BCUT2D eigenvalue weighted by atomic mass is 10.0. The van der Waals surface area contributed by atoms with Crippen LogP contribution >= 0.6 is 0 Å². The Kier molecular flexibility index (Phi) is 17.9. The Bertz CT molecular complexity index is 2350. The van der Waals surface area contributed by atoms with Gasteiger partial charge >= 0.3 is 72.8 Å². The van der Waals surface area contributed by atoms with Gasteiger partial charge < -0.3 is 14.8 Å². The molecular formula is C19H28NO31S7. The van der Waals surface area contributed by atoms with Crippen LogP contribution in [0.3, 0.4) is 0 Å². The van der Waals surface area contributed by atoms with E-state index in [-0.39, 0.29) is 0 Å². The smallest absolute Gasteiger partial charge is 0.351 e. The average molecular weight is 991 g/mol. The van der Waals surface area contributed by atoms with E-state index in [1.54, 1.807) is 6.07 Å². The molecule has 1 aliphatic rings. The van der Waals surface area contributed by atoms with Crippen molar-refractivity contribution in [1.82, 2.24) is 5.32 Å². The molecule has 2 rings (SSSR count). The fourth-order valence-electron chi connectivity index (χ4n) is 4.32. The minimum absolute atomic E-state index is 0.392. The largest absolute Gasteiger partial charge is 0.398 e. The number of carbonyl (C=O) groups excluding carboxylic acids is 1. The van der Waals surface area contributed by atoms with Gasteiger partial charge in [0, 0.05) is 6.54 Å². The lowest BCUT2D eigenvalue weighted by molar-refractivity contribution is -0.216. The molecule has 1 heterocycles. The second-order valence-corrected chi connectivity index (χ2v) is 17.8. The summed E-state index contributed by atoms with van der Waals surface area (Å²) in [4.78, 5) is 13.5. The molecule has 1 amide bonds. The van der Waals surface area contributed by atoms with Gasteiger partial charge in [-0.25, -0.2) is 29.3 Å². The molecule has 1 aromatic carbocycles. The van der Waals surface area contributed by atoms with E-state index in [1.807, 2.05) is 0 Å². The molecule has 1 fully saturated rings. The van der Waals surface area contributed by atoms with E-state index in [2.05, 4.69) is 29.3 Å². The van der Waals surface area contributed by atoms with Crippen LogP contribution in [0.2, 0.25) is 0 Å². The van der Waals surface area contributed by atoms with Gasteiger partial charge in [0.05, 0.1) is 19.6 Å². The molecule has 1 radical (unpaired) electrons. The summed E-state index contributed by atoms with van der Waals surface area (Å²) >= 11 is 0. The van der Waals surface area contributed by atoms with Gasteiger partial charge in [0.1, 0.15) is 36.6 Å². The van der Waals surface area contributed by atoms with Crippen LogP contribution in [0, 0.1) is 6.42 Å². The summed E-state index contributed by atoms with van der Waals surface area (Å²) in [6, 6.07) is 7.59. The molecule has 8 N–H and O–H groups in total. The Hall–Kier alpha value is -2.30. The molecular weight excluding hydrogens is 963 g/mol. The molecule has 0 aromatic heterocycles. The molecule has 8 atom stereocenters. The van der Waals surface area contributed by atoms with Crippen LogP contribution in [0.15, 0.2) is 30.3 Å². The van der Waals surface area contributed by atoms with E-state index in [4.69, 9.17) is 18.6 Å². The topological polar surface area (TPSA) is 493 Å². The Morgan fingerprint density at radius 2 is 1.14 bits per heavy atom. The third kappa shape index (κ3) is 21.3. The van der Waals surface area contributed by atoms with Crippen LogP contribution < -0.4 is 5.32 Å². The van der Waals surface area contributed by atoms with E-state index >= 15 is 0 Å². The standard InChI is InChI=1S/C19H28NO31S7/c21-19(20-7-12-15(48-55(31,32)33)11(46-53(25,26)27)6-14(45-12)43-8-10-4-2-1-3-5-10)18(51-58(40,41)42)17(50-57(37,38)39)16(49-56(34,35)36)13(47-54(28,29)30)9-44-52(22,23)24/h1-6,11-18H,7-9H2,(H,20,21)(H,22,23,24)(H,25,26,27)(H,28,29,30)(H,31,32,33)(H,34,35,36)(H,37,38,39)(H,40,41,42)/t11-,12-,13-,14+,15+,16+,17-,18-/m1/s1. The van der Waals surface area contributed by atoms with Crippen LogP contribution in [-0.2, 0) is 123 Å². The summed E-state index contributed by atoms with van der Waals surface area (Å²) < 4.78 is 267. The molecule has 32 nitrogen and oxygen atoms in total. The summed E-state index contributed by atoms with van der Waals surface area (Å²) in [7, 11) is -42.1. The monoisotopic (exact) mass is 990 g/mol. The van der Waals surface area contributed by atoms with Crippen molar-refractivity contribution in [2.45, 2.75) is 55.6 Å². The van der Waals surface area contributed by atoms with E-state index < -0.39 is 147 Å². The Morgan fingerprint density at radius 1 is 0.638 bits per heavy atom. The van der Waals surface area contributed by atoms with Crippen LogP contribution in [0.25, 0.3) is 0 Å². The molecule has 337 valence electrons. The van der Waals surface area contributed by atoms with Crippen LogP contribution in [-0.4, -0.2) is 159 Å². The molecule has 1 aliphatic heterocycles. The molecule has 58 heavy (non-hydrogen) atoms. The highest BCUT2D eigenvalue weighted by molar-refractivity contribution is 7.82. The molecule has 0 saturated carbocycles. The fourth-order valence-corrected chi connectivity index (χ4v) is 7.54. The van der Waals surface area contributed by atoms with Crippen molar-refractivity contribution in [3.8, 4) is 0 Å². The molecule has 0 unspecified atom stereocenters. The van der Waals surface area contributed by atoms with Crippen LogP contribution in [0.5, 0.6) is 0 Å². The normalized spacial score (nSPS) is 22.4. The van der Waals surface area contributed by atoms with E-state index in [0.717, 1.165) is 0 Å². The van der Waals surface area contributed by atoms with E-state index in [1.165, 1.54) is 29.6 Å². The number of amides is 1. The second-order valence-electron chi connectivity index (χ2n) is 10.5. The van der Waals surface area contributed by atoms with Gasteiger partial charge in [-0.3, -0.25) is 36.7 Å². The summed E-state index contributed by atoms with van der Waals surface area (Å²) in [6.45, 7) is -4.11. The Balaban J connectivity index is 2.74. The van der Waals surface area contributed by atoms with Crippen molar-refractivity contribution in [3.05, 3.63) is 42.3 Å². The highest BCUT2D eigenvalue weighted by Crippen LogP contribution is 2.29. The third-order valence-corrected chi connectivity index (χ3v) is 9.35. The van der Waals surface area contributed by atoms with Crippen molar-refractivity contribution >= 4 is 78.7 Å². The average Bonchev–Trinajstić information content (AvgIpc) is 2.99. The lowest BCUT2D eigenvalue weighted by Gasteiger charge is -2.39. The number of hydrogen-bond acceptors (Lipinski definition) is 24. The van der Waals surface area contributed by atoms with Gasteiger partial charge in [-0.1, -0.05) is 30.3 Å². The maximum Gasteiger partial charge on any atom is 0.398 e. The zero-order valence-electron chi connectivity index (χ0n) is 27.5. The molecule has 0 aliphatic carbocycles. The number of hydrogen-bond donors (Lipinski definition) is 8. The Morgan fingerprint density at radius 3 is 1.60 bits per heavy atom. The van der Waals surface area contributed by atoms with Gasteiger partial charge in [-0.05, 0) is 5.56 Å². The molecule has 0 bridgehead atoms. The lowest BCUT2D eigenvalue weighted by Crippen LogP contribution is -2.60. The zero-order chi connectivity index (χ0) is 44.7. The first-order valence-corrected chi connectivity index (χ1v) is 23.5. The number of carbonyl (C=O) groups is 1. The van der Waals surface area contributed by atoms with Crippen LogP contribution in [0.1, 0.15) is 5.56 Å². The van der Waals surface area contributed by atoms with Crippen molar-refractivity contribution in [2.75, 3.05) is 13.2 Å². The van der Waals surface area contributed by atoms with Crippen molar-refractivity contribution in [3.63, 3.8) is 0 Å². The third-order valence-electron chi connectivity index (χ3n) is 6.11. The molecule has 39 heteroatoms. The minimum Gasteiger partial charge on any atom is -0.351 e. The van der Waals surface area contributed by atoms with E-state index in [9.17, 15) is 86.5 Å². The summed E-state index contributed by atoms with van der Waals surface area (Å²) in [5, 5.41) is 1.54. The highest BCUT2D eigenvalue weighted by Gasteiger charge is 2.51. The maximum atomic E-state index is 13.5. The van der Waals surface area contributed by atoms with Crippen molar-refractivity contribution < 1.29 is 134 Å². The first-order valence-electron chi connectivity index (χ1n) is 14.0. The van der Waals surface area contributed by atoms with Gasteiger partial charge in [-0.2, -0.15) is 58.9 Å². The SMILES string of the molecule is O=C(NC[C@H]1O[C@H](OCc2ccccc2)[CH][C@@H](OS(=O)(=O)O)[C@@H]1OS(=O)(=O)O)[C@H](OS(=O)(=O)O)[C@H](OS(=O)(=O)O)[C@@H](OS(=O)(=O)O)[C@@H](COS(=O)(=O)O)OS(=O)(=O)O. The predicted molar refractivity (Wildman–Crippen MR) is 173 cm³/mol. The van der Waals surface area contributed by atoms with Crippen LogP contribution in [0.4, 0.5) is 0 Å². The number of benzene rings is 1. The first kappa shape index (κ1) is 51.8.